The molecule has 0 saturated heterocycles. The van der Waals surface area contributed by atoms with Gasteiger partial charge in [0, 0.05) is 24.4 Å². The average Bonchev–Trinajstić information content (AvgIpc) is 3.16. The highest BCUT2D eigenvalue weighted by Crippen LogP contribution is 2.47. The fraction of sp³-hybridized carbons (Fsp3) is 0.533. The zero-order valence-corrected chi connectivity index (χ0v) is 12.5. The summed E-state index contributed by atoms with van der Waals surface area (Å²) in [5.41, 5.74) is 6.76. The topological polar surface area (TPSA) is 55.1 Å². The van der Waals surface area contributed by atoms with Crippen LogP contribution in [-0.2, 0) is 10.2 Å². The summed E-state index contributed by atoms with van der Waals surface area (Å²) in [5.74, 6) is -0.175. The molecule has 112 valence electrons. The van der Waals surface area contributed by atoms with Gasteiger partial charge >= 0.3 is 0 Å². The lowest BCUT2D eigenvalue weighted by Crippen LogP contribution is -2.33. The summed E-state index contributed by atoms with van der Waals surface area (Å²) in [6.07, 6.45) is 3.27. The molecular formula is C15H22ClFN2O. The van der Waals surface area contributed by atoms with Crippen molar-refractivity contribution in [2.45, 2.75) is 44.1 Å². The van der Waals surface area contributed by atoms with Gasteiger partial charge in [-0.15, -0.1) is 12.4 Å². The van der Waals surface area contributed by atoms with Crippen LogP contribution in [0.3, 0.4) is 0 Å². The first-order valence-corrected chi connectivity index (χ1v) is 6.80. The molecule has 1 atom stereocenters. The Morgan fingerprint density at radius 1 is 1.40 bits per heavy atom. The molecule has 0 radical (unpaired) electrons. The molecular weight excluding hydrogens is 279 g/mol. The van der Waals surface area contributed by atoms with Crippen LogP contribution in [0.25, 0.3) is 0 Å². The minimum atomic E-state index is -0.222. The van der Waals surface area contributed by atoms with Crippen LogP contribution in [0, 0.1) is 5.82 Å². The van der Waals surface area contributed by atoms with Crippen molar-refractivity contribution in [2.24, 2.45) is 5.73 Å². The number of benzene rings is 1. The van der Waals surface area contributed by atoms with E-state index in [9.17, 15) is 9.18 Å². The van der Waals surface area contributed by atoms with Crippen LogP contribution in [0.4, 0.5) is 4.39 Å². The molecule has 5 heteroatoms. The summed E-state index contributed by atoms with van der Waals surface area (Å²) in [6.45, 7) is 2.53. The Morgan fingerprint density at radius 2 is 2.00 bits per heavy atom. The number of carbonyl (C=O) groups excluding carboxylic acids is 1. The molecule has 0 aromatic heterocycles. The number of amides is 1. The maximum atomic E-state index is 12.9. The van der Waals surface area contributed by atoms with Crippen LogP contribution in [0.2, 0.25) is 0 Å². The van der Waals surface area contributed by atoms with E-state index in [2.05, 4.69) is 5.32 Å². The third-order valence-corrected chi connectivity index (χ3v) is 3.76. The smallest absolute Gasteiger partial charge is 0.220 e. The molecule has 20 heavy (non-hydrogen) atoms. The van der Waals surface area contributed by atoms with E-state index in [4.69, 9.17) is 5.73 Å². The van der Waals surface area contributed by atoms with Crippen LogP contribution in [0.15, 0.2) is 24.3 Å². The largest absolute Gasteiger partial charge is 0.355 e. The van der Waals surface area contributed by atoms with Gasteiger partial charge in [0.15, 0.2) is 0 Å². The standard InChI is InChI=1S/C15H21FN2O.ClH/c1-11(17)2-7-14(19)18-10-15(8-9-15)12-3-5-13(16)6-4-12;/h3-6,11H,2,7-10,17H2,1H3,(H,18,19);1H. The van der Waals surface area contributed by atoms with Crippen molar-refractivity contribution in [3.05, 3.63) is 35.6 Å². The van der Waals surface area contributed by atoms with E-state index in [1.807, 2.05) is 19.1 Å². The van der Waals surface area contributed by atoms with Gasteiger partial charge in [-0.05, 0) is 43.9 Å². The van der Waals surface area contributed by atoms with Gasteiger partial charge in [0.2, 0.25) is 5.91 Å². The number of nitrogens with one attached hydrogen (secondary N) is 1. The zero-order valence-electron chi connectivity index (χ0n) is 11.7. The quantitative estimate of drug-likeness (QED) is 0.848. The number of carbonyl (C=O) groups is 1. The second-order valence-corrected chi connectivity index (χ2v) is 5.58. The molecule has 1 fully saturated rings. The van der Waals surface area contributed by atoms with Gasteiger partial charge < -0.3 is 11.1 Å². The molecule has 1 aliphatic carbocycles. The number of halogens is 2. The first kappa shape index (κ1) is 16.9. The number of nitrogens with two attached hydrogens (primary N) is 1. The Balaban J connectivity index is 0.00000200. The van der Waals surface area contributed by atoms with E-state index in [0.29, 0.717) is 19.4 Å². The minimum absolute atomic E-state index is 0. The molecule has 1 saturated carbocycles. The summed E-state index contributed by atoms with van der Waals surface area (Å²) in [6, 6.07) is 6.64. The van der Waals surface area contributed by atoms with Crippen LogP contribution in [0.5, 0.6) is 0 Å². The third-order valence-electron chi connectivity index (χ3n) is 3.76. The monoisotopic (exact) mass is 300 g/mol. The van der Waals surface area contributed by atoms with E-state index in [1.165, 1.54) is 12.1 Å². The summed E-state index contributed by atoms with van der Waals surface area (Å²) in [5, 5.41) is 2.97. The molecule has 0 bridgehead atoms. The van der Waals surface area contributed by atoms with E-state index in [-0.39, 0.29) is 35.6 Å². The van der Waals surface area contributed by atoms with Crippen LogP contribution in [-0.4, -0.2) is 18.5 Å². The molecule has 0 aliphatic heterocycles. The van der Waals surface area contributed by atoms with Crippen molar-refractivity contribution in [1.82, 2.24) is 5.32 Å². The Morgan fingerprint density at radius 3 is 2.50 bits per heavy atom. The first-order valence-electron chi connectivity index (χ1n) is 6.80. The molecule has 0 heterocycles. The molecule has 0 spiro atoms. The number of hydrogen-bond acceptors (Lipinski definition) is 2. The zero-order chi connectivity index (χ0) is 13.9. The van der Waals surface area contributed by atoms with E-state index in [0.717, 1.165) is 18.4 Å². The fourth-order valence-corrected chi connectivity index (χ4v) is 2.24. The van der Waals surface area contributed by atoms with Crippen molar-refractivity contribution in [3.63, 3.8) is 0 Å². The van der Waals surface area contributed by atoms with Crippen molar-refractivity contribution >= 4 is 18.3 Å². The minimum Gasteiger partial charge on any atom is -0.355 e. The highest BCUT2D eigenvalue weighted by molar-refractivity contribution is 5.85. The number of rotatable bonds is 6. The molecule has 1 amide bonds. The molecule has 1 aromatic rings. The van der Waals surface area contributed by atoms with Gasteiger partial charge in [-0.2, -0.15) is 0 Å². The predicted octanol–water partition coefficient (Wildman–Crippen LogP) is 2.52. The van der Waals surface area contributed by atoms with Crippen LogP contribution >= 0.6 is 12.4 Å². The van der Waals surface area contributed by atoms with Crippen molar-refractivity contribution in [3.8, 4) is 0 Å². The van der Waals surface area contributed by atoms with E-state index >= 15 is 0 Å². The lowest BCUT2D eigenvalue weighted by molar-refractivity contribution is -0.121. The summed E-state index contributed by atoms with van der Waals surface area (Å²) in [7, 11) is 0. The van der Waals surface area contributed by atoms with Gasteiger partial charge in [-0.25, -0.2) is 4.39 Å². The summed E-state index contributed by atoms with van der Waals surface area (Å²) < 4.78 is 12.9. The highest BCUT2D eigenvalue weighted by Gasteiger charge is 2.44. The van der Waals surface area contributed by atoms with Gasteiger partial charge in [0.1, 0.15) is 5.82 Å². The maximum Gasteiger partial charge on any atom is 0.220 e. The predicted molar refractivity (Wildman–Crippen MR) is 80.5 cm³/mol. The average molecular weight is 301 g/mol. The number of hydrogen-bond donors (Lipinski definition) is 2. The summed E-state index contributed by atoms with van der Waals surface area (Å²) in [4.78, 5) is 11.7. The van der Waals surface area contributed by atoms with Crippen molar-refractivity contribution in [1.29, 1.82) is 0 Å². The second kappa shape index (κ2) is 7.04. The molecule has 3 N–H and O–H groups in total. The molecule has 1 aromatic carbocycles. The summed E-state index contributed by atoms with van der Waals surface area (Å²) >= 11 is 0. The van der Waals surface area contributed by atoms with E-state index in [1.54, 1.807) is 0 Å². The maximum absolute atomic E-state index is 12.9. The normalized spacial score (nSPS) is 16.9. The van der Waals surface area contributed by atoms with Crippen LogP contribution in [0.1, 0.15) is 38.2 Å². The van der Waals surface area contributed by atoms with Gasteiger partial charge in [-0.1, -0.05) is 12.1 Å². The van der Waals surface area contributed by atoms with Crippen molar-refractivity contribution < 1.29 is 9.18 Å². The second-order valence-electron chi connectivity index (χ2n) is 5.58. The Hall–Kier alpha value is -1.13. The molecule has 2 rings (SSSR count). The molecule has 1 aliphatic rings. The lowest BCUT2D eigenvalue weighted by atomic mass is 9.96. The third kappa shape index (κ3) is 4.46. The van der Waals surface area contributed by atoms with Gasteiger partial charge in [-0.3, -0.25) is 4.79 Å². The Labute approximate surface area is 125 Å². The Kier molecular flexibility index (Phi) is 5.96. The van der Waals surface area contributed by atoms with Gasteiger partial charge in [0.05, 0.1) is 0 Å². The fourth-order valence-electron chi connectivity index (χ4n) is 2.24. The van der Waals surface area contributed by atoms with Gasteiger partial charge in [0.25, 0.3) is 0 Å². The molecule has 3 nitrogen and oxygen atoms in total. The first-order chi connectivity index (χ1) is 9.02. The SMILES string of the molecule is CC(N)CCC(=O)NCC1(c2ccc(F)cc2)CC1.Cl. The Bertz CT molecular complexity index is 444. The lowest BCUT2D eigenvalue weighted by Gasteiger charge is -2.17. The molecule has 1 unspecified atom stereocenters. The van der Waals surface area contributed by atoms with E-state index < -0.39 is 0 Å². The van der Waals surface area contributed by atoms with Crippen molar-refractivity contribution in [2.75, 3.05) is 6.54 Å². The highest BCUT2D eigenvalue weighted by atomic mass is 35.5. The van der Waals surface area contributed by atoms with Crippen LogP contribution < -0.4 is 11.1 Å².